The van der Waals surface area contributed by atoms with Gasteiger partial charge in [-0.05, 0) is 46.8 Å². The second-order valence-electron chi connectivity index (χ2n) is 4.73. The number of allylic oxidation sites excluding steroid dienone is 2. The molecule has 0 amide bonds. The summed E-state index contributed by atoms with van der Waals surface area (Å²) in [6, 6.07) is 0.572. The number of hydrogen-bond acceptors (Lipinski definition) is 3. The predicted molar refractivity (Wildman–Crippen MR) is 73.4 cm³/mol. The Labute approximate surface area is 109 Å². The molecule has 0 unspecified atom stereocenters. The molecule has 0 aliphatic rings. The molecule has 0 radical (unpaired) electrons. The van der Waals surface area contributed by atoms with Crippen molar-refractivity contribution in [3.63, 3.8) is 0 Å². The lowest BCUT2D eigenvalue weighted by atomic mass is 10.2. The summed E-state index contributed by atoms with van der Waals surface area (Å²) in [5, 5.41) is 18.3. The molecule has 0 aromatic carbocycles. The zero-order valence-electron chi connectivity index (χ0n) is 11.8. The number of aliphatic carboxylic acids is 1. The zero-order valence-corrected chi connectivity index (χ0v) is 11.8. The maximum absolute atomic E-state index is 10.7. The van der Waals surface area contributed by atoms with Gasteiger partial charge in [-0.15, -0.1) is 0 Å². The molecule has 4 nitrogen and oxygen atoms in total. The van der Waals surface area contributed by atoms with Crippen LogP contribution in [-0.2, 0) is 4.79 Å². The van der Waals surface area contributed by atoms with Crippen LogP contribution in [0.1, 0.15) is 34.6 Å². The smallest absolute Gasteiger partial charge is 0.335 e. The highest BCUT2D eigenvalue weighted by Crippen LogP contribution is 2.14. The first-order valence-corrected chi connectivity index (χ1v) is 5.96. The Kier molecular flexibility index (Phi) is 6.23. The number of carbonyl (C=O) groups is 1. The topological polar surface area (TPSA) is 60.8 Å². The van der Waals surface area contributed by atoms with Crippen LogP contribution in [0.15, 0.2) is 35.8 Å². The van der Waals surface area contributed by atoms with Gasteiger partial charge in [0.1, 0.15) is 5.76 Å². The van der Waals surface area contributed by atoms with E-state index < -0.39 is 5.97 Å². The van der Waals surface area contributed by atoms with Crippen molar-refractivity contribution in [2.24, 2.45) is 0 Å². The van der Waals surface area contributed by atoms with E-state index >= 15 is 0 Å². The van der Waals surface area contributed by atoms with Crippen molar-refractivity contribution in [3.8, 4) is 0 Å². The van der Waals surface area contributed by atoms with E-state index in [0.717, 1.165) is 5.70 Å². The number of aliphatic hydroxyl groups excluding tert-OH is 1. The molecule has 0 saturated heterocycles. The van der Waals surface area contributed by atoms with Gasteiger partial charge in [-0.25, -0.2) is 4.79 Å². The summed E-state index contributed by atoms with van der Waals surface area (Å²) < 4.78 is 0. The van der Waals surface area contributed by atoms with Gasteiger partial charge in [0.15, 0.2) is 0 Å². The summed E-state index contributed by atoms with van der Waals surface area (Å²) in [4.78, 5) is 12.7. The molecular weight excluding hydrogens is 230 g/mol. The van der Waals surface area contributed by atoms with Gasteiger partial charge in [-0.2, -0.15) is 0 Å². The zero-order chi connectivity index (χ0) is 14.5. The van der Waals surface area contributed by atoms with Crippen molar-refractivity contribution in [2.75, 3.05) is 0 Å². The second kappa shape index (κ2) is 6.89. The van der Waals surface area contributed by atoms with Crippen LogP contribution >= 0.6 is 0 Å². The van der Waals surface area contributed by atoms with Crippen LogP contribution in [-0.4, -0.2) is 33.2 Å². The summed E-state index contributed by atoms with van der Waals surface area (Å²) in [5.41, 5.74) is 0.657. The molecule has 2 N–H and O–H groups in total. The molecule has 0 bridgehead atoms. The van der Waals surface area contributed by atoms with Gasteiger partial charge in [-0.3, -0.25) is 0 Å². The van der Waals surface area contributed by atoms with Gasteiger partial charge in [-0.1, -0.05) is 6.58 Å². The Bertz CT molecular complexity index is 371. The van der Waals surface area contributed by atoms with Crippen molar-refractivity contribution in [2.45, 2.75) is 46.7 Å². The van der Waals surface area contributed by atoms with Crippen molar-refractivity contribution in [1.29, 1.82) is 0 Å². The molecule has 0 heterocycles. The fourth-order valence-electron chi connectivity index (χ4n) is 1.76. The van der Waals surface area contributed by atoms with Gasteiger partial charge in [0, 0.05) is 17.8 Å². The number of aliphatic hydroxyl groups is 1. The Balaban J connectivity index is 4.95. The first kappa shape index (κ1) is 16.3. The molecule has 0 rings (SSSR count). The first-order chi connectivity index (χ1) is 8.18. The van der Waals surface area contributed by atoms with Gasteiger partial charge in [0.25, 0.3) is 0 Å². The minimum Gasteiger partial charge on any atom is -0.507 e. The average Bonchev–Trinajstić information content (AvgIpc) is 2.23. The SMILES string of the molecule is C=C(/C=C\C(O)=C(/C)C(=O)O)N(C(C)C)C(C)C. The van der Waals surface area contributed by atoms with Gasteiger partial charge >= 0.3 is 5.97 Å². The molecule has 0 aromatic rings. The van der Waals surface area contributed by atoms with Crippen LogP contribution in [0, 0.1) is 0 Å². The minimum atomic E-state index is -1.13. The monoisotopic (exact) mass is 253 g/mol. The molecule has 0 spiro atoms. The quantitative estimate of drug-likeness (QED) is 0.434. The highest BCUT2D eigenvalue weighted by Gasteiger charge is 2.13. The third-order valence-electron chi connectivity index (χ3n) is 2.58. The number of hydrogen-bond donors (Lipinski definition) is 2. The standard InChI is InChI=1S/C14H23NO3/c1-9(2)15(10(3)4)11(5)7-8-13(16)12(6)14(17)18/h7-10,16H,5H2,1-4,6H3,(H,17,18)/b8-7-,13-12-. The second-order valence-corrected chi connectivity index (χ2v) is 4.73. The van der Waals surface area contributed by atoms with E-state index in [0.29, 0.717) is 0 Å². The average molecular weight is 253 g/mol. The Hall–Kier alpha value is -1.71. The van der Waals surface area contributed by atoms with E-state index in [4.69, 9.17) is 5.11 Å². The van der Waals surface area contributed by atoms with Crippen LogP contribution in [0.2, 0.25) is 0 Å². The molecule has 0 saturated carbocycles. The Morgan fingerprint density at radius 2 is 1.56 bits per heavy atom. The first-order valence-electron chi connectivity index (χ1n) is 5.96. The molecule has 0 aliphatic heterocycles. The maximum Gasteiger partial charge on any atom is 0.335 e. The van der Waals surface area contributed by atoms with E-state index in [1.54, 1.807) is 6.08 Å². The molecule has 4 heteroatoms. The largest absolute Gasteiger partial charge is 0.507 e. The van der Waals surface area contributed by atoms with Gasteiger partial charge in [0.2, 0.25) is 0 Å². The van der Waals surface area contributed by atoms with Gasteiger partial charge < -0.3 is 15.1 Å². The van der Waals surface area contributed by atoms with E-state index in [1.807, 2.05) is 0 Å². The van der Waals surface area contributed by atoms with Gasteiger partial charge in [0.05, 0.1) is 5.57 Å². The van der Waals surface area contributed by atoms with Crippen LogP contribution in [0.4, 0.5) is 0 Å². The summed E-state index contributed by atoms with van der Waals surface area (Å²) in [7, 11) is 0. The molecule has 0 fully saturated rings. The molecule has 0 aliphatic carbocycles. The molecular formula is C14H23NO3. The lowest BCUT2D eigenvalue weighted by Gasteiger charge is -2.33. The number of rotatable bonds is 6. The van der Waals surface area contributed by atoms with Crippen molar-refractivity contribution in [1.82, 2.24) is 4.90 Å². The van der Waals surface area contributed by atoms with Crippen molar-refractivity contribution in [3.05, 3.63) is 35.8 Å². The van der Waals surface area contributed by atoms with Crippen LogP contribution in [0.5, 0.6) is 0 Å². The molecule has 0 atom stereocenters. The summed E-state index contributed by atoms with van der Waals surface area (Å²) in [6.07, 6.45) is 2.99. The number of nitrogens with zero attached hydrogens (tertiary/aromatic N) is 1. The highest BCUT2D eigenvalue weighted by molar-refractivity contribution is 5.86. The summed E-state index contributed by atoms with van der Waals surface area (Å²) in [5.74, 6) is -1.39. The van der Waals surface area contributed by atoms with Crippen LogP contribution in [0.3, 0.4) is 0 Å². The summed E-state index contributed by atoms with van der Waals surface area (Å²) >= 11 is 0. The number of carboxylic acid groups (broad SMARTS) is 1. The van der Waals surface area contributed by atoms with E-state index in [1.165, 1.54) is 13.0 Å². The number of carboxylic acids is 1. The van der Waals surface area contributed by atoms with Crippen molar-refractivity contribution < 1.29 is 15.0 Å². The molecule has 0 aromatic heterocycles. The molecule has 18 heavy (non-hydrogen) atoms. The minimum absolute atomic E-state index is 0.0836. The normalized spacial score (nSPS) is 13.1. The van der Waals surface area contributed by atoms with Crippen LogP contribution in [0.25, 0.3) is 0 Å². The fourth-order valence-corrected chi connectivity index (χ4v) is 1.76. The third kappa shape index (κ3) is 4.65. The third-order valence-corrected chi connectivity index (χ3v) is 2.58. The lowest BCUT2D eigenvalue weighted by molar-refractivity contribution is -0.132. The van der Waals surface area contributed by atoms with E-state index in [9.17, 15) is 9.90 Å². The highest BCUT2D eigenvalue weighted by atomic mass is 16.4. The predicted octanol–water partition coefficient (Wildman–Crippen LogP) is 3.09. The van der Waals surface area contributed by atoms with E-state index in [-0.39, 0.29) is 23.4 Å². The molecule has 102 valence electrons. The van der Waals surface area contributed by atoms with Crippen LogP contribution < -0.4 is 0 Å². The summed E-state index contributed by atoms with van der Waals surface area (Å²) in [6.45, 7) is 13.5. The Morgan fingerprint density at radius 3 is 1.89 bits per heavy atom. The Morgan fingerprint density at radius 1 is 1.11 bits per heavy atom. The van der Waals surface area contributed by atoms with E-state index in [2.05, 4.69) is 39.2 Å². The fraction of sp³-hybridized carbons (Fsp3) is 0.500. The van der Waals surface area contributed by atoms with Crippen molar-refractivity contribution >= 4 is 5.97 Å². The maximum atomic E-state index is 10.7. The lowest BCUT2D eigenvalue weighted by Crippen LogP contribution is -2.35.